The highest BCUT2D eigenvalue weighted by Crippen LogP contribution is 2.30. The summed E-state index contributed by atoms with van der Waals surface area (Å²) in [7, 11) is 0. The number of fused-ring (bicyclic) bond motifs is 1. The van der Waals surface area contributed by atoms with E-state index in [4.69, 9.17) is 5.11 Å². The van der Waals surface area contributed by atoms with Gasteiger partial charge in [0.05, 0.1) is 11.9 Å². The van der Waals surface area contributed by atoms with E-state index >= 15 is 0 Å². The maximum Gasteiger partial charge on any atom is 0.345 e. The van der Waals surface area contributed by atoms with E-state index in [9.17, 15) is 4.79 Å². The summed E-state index contributed by atoms with van der Waals surface area (Å²) in [4.78, 5) is 20.5. The summed E-state index contributed by atoms with van der Waals surface area (Å²) >= 11 is 1.21. The van der Waals surface area contributed by atoms with Crippen LogP contribution in [0, 0.1) is 0 Å². The normalized spacial score (nSPS) is 11.1. The van der Waals surface area contributed by atoms with Crippen molar-refractivity contribution in [2.75, 3.05) is 0 Å². The molecule has 3 rings (SSSR count). The lowest BCUT2D eigenvalue weighted by Crippen LogP contribution is -2.00. The van der Waals surface area contributed by atoms with Gasteiger partial charge in [0.1, 0.15) is 9.71 Å². The van der Waals surface area contributed by atoms with E-state index in [0.717, 1.165) is 28.8 Å². The Morgan fingerprint density at radius 3 is 2.95 bits per heavy atom. The molecule has 7 heteroatoms. The van der Waals surface area contributed by atoms with Crippen LogP contribution in [0.15, 0.2) is 24.7 Å². The van der Waals surface area contributed by atoms with Crippen molar-refractivity contribution in [3.63, 3.8) is 0 Å². The van der Waals surface area contributed by atoms with E-state index in [-0.39, 0.29) is 0 Å². The number of aryl methyl sites for hydroxylation is 1. The second-order valence-corrected chi connectivity index (χ2v) is 5.34. The van der Waals surface area contributed by atoms with Gasteiger partial charge in [-0.25, -0.2) is 14.5 Å². The zero-order valence-corrected chi connectivity index (χ0v) is 11.6. The predicted molar refractivity (Wildman–Crippen MR) is 75.5 cm³/mol. The highest BCUT2D eigenvalue weighted by Gasteiger charge is 2.18. The zero-order valence-electron chi connectivity index (χ0n) is 10.8. The molecule has 3 aromatic heterocycles. The molecule has 0 bridgehead atoms. The van der Waals surface area contributed by atoms with Crippen LogP contribution in [0.25, 0.3) is 16.0 Å². The molecular formula is C13H12N4O2S. The van der Waals surface area contributed by atoms with Crippen molar-refractivity contribution in [3.8, 4) is 5.82 Å². The molecule has 0 unspecified atom stereocenters. The third kappa shape index (κ3) is 2.05. The molecule has 0 aliphatic rings. The number of aromatic carboxylic acids is 1. The second kappa shape index (κ2) is 5.01. The molecule has 0 aliphatic carbocycles. The van der Waals surface area contributed by atoms with Crippen LogP contribution in [0.1, 0.15) is 28.7 Å². The van der Waals surface area contributed by atoms with E-state index in [2.05, 4.69) is 22.0 Å². The largest absolute Gasteiger partial charge is 0.477 e. The van der Waals surface area contributed by atoms with Gasteiger partial charge in [-0.1, -0.05) is 13.3 Å². The molecule has 0 atom stereocenters. The van der Waals surface area contributed by atoms with Crippen LogP contribution < -0.4 is 0 Å². The molecule has 3 aromatic rings. The van der Waals surface area contributed by atoms with Crippen LogP contribution in [0.3, 0.4) is 0 Å². The Balaban J connectivity index is 2.23. The summed E-state index contributed by atoms with van der Waals surface area (Å²) in [5.41, 5.74) is 0.900. The summed E-state index contributed by atoms with van der Waals surface area (Å²) in [5.74, 6) is -0.321. The van der Waals surface area contributed by atoms with Gasteiger partial charge in [-0.2, -0.15) is 5.10 Å². The molecule has 0 radical (unpaired) electrons. The number of hydrogen-bond donors (Lipinski definition) is 1. The minimum atomic E-state index is -0.917. The monoisotopic (exact) mass is 288 g/mol. The Morgan fingerprint density at radius 1 is 1.45 bits per heavy atom. The molecule has 0 fully saturated rings. The lowest BCUT2D eigenvalue weighted by atomic mass is 10.2. The summed E-state index contributed by atoms with van der Waals surface area (Å²) in [6.07, 6.45) is 6.55. The Morgan fingerprint density at radius 2 is 2.30 bits per heavy atom. The van der Waals surface area contributed by atoms with Gasteiger partial charge in [0.15, 0.2) is 5.82 Å². The summed E-state index contributed by atoms with van der Waals surface area (Å²) < 4.78 is 1.67. The highest BCUT2D eigenvalue weighted by molar-refractivity contribution is 7.20. The summed E-state index contributed by atoms with van der Waals surface area (Å²) in [6, 6.07) is 1.69. The van der Waals surface area contributed by atoms with E-state index < -0.39 is 5.97 Å². The van der Waals surface area contributed by atoms with Crippen LogP contribution >= 0.6 is 11.3 Å². The fourth-order valence-corrected chi connectivity index (χ4v) is 3.03. The van der Waals surface area contributed by atoms with Gasteiger partial charge < -0.3 is 5.11 Å². The maximum absolute atomic E-state index is 11.1. The maximum atomic E-state index is 11.1. The topological polar surface area (TPSA) is 80.9 Å². The summed E-state index contributed by atoms with van der Waals surface area (Å²) in [6.45, 7) is 2.07. The standard InChI is InChI=1S/C13H12N4O2S/c1-2-3-9-8-6-10(13(18)19)20-12(8)17(16-9)11-7-14-4-5-15-11/h4-7H,2-3H2,1H3,(H,18,19). The number of nitrogens with zero attached hydrogens (tertiary/aromatic N) is 4. The lowest BCUT2D eigenvalue weighted by Gasteiger charge is -1.99. The van der Waals surface area contributed by atoms with E-state index in [1.165, 1.54) is 11.3 Å². The average molecular weight is 288 g/mol. The first-order chi connectivity index (χ1) is 9.70. The van der Waals surface area contributed by atoms with E-state index in [1.807, 2.05) is 0 Å². The van der Waals surface area contributed by atoms with Crippen LogP contribution in [-0.2, 0) is 6.42 Å². The van der Waals surface area contributed by atoms with Crippen molar-refractivity contribution < 1.29 is 9.90 Å². The number of carboxylic acids is 1. The number of rotatable bonds is 4. The van der Waals surface area contributed by atoms with Crippen LogP contribution in [-0.4, -0.2) is 30.8 Å². The molecule has 6 nitrogen and oxygen atoms in total. The Bertz CT molecular complexity index is 763. The van der Waals surface area contributed by atoms with Gasteiger partial charge in [-0.3, -0.25) is 4.98 Å². The molecule has 0 saturated heterocycles. The lowest BCUT2D eigenvalue weighted by molar-refractivity contribution is 0.0702. The molecule has 0 aromatic carbocycles. The quantitative estimate of drug-likeness (QED) is 0.797. The van der Waals surface area contributed by atoms with Crippen molar-refractivity contribution in [2.45, 2.75) is 19.8 Å². The number of thiophene rings is 1. The molecule has 0 saturated carbocycles. The van der Waals surface area contributed by atoms with Gasteiger partial charge in [0.25, 0.3) is 0 Å². The van der Waals surface area contributed by atoms with Crippen molar-refractivity contribution in [2.24, 2.45) is 0 Å². The van der Waals surface area contributed by atoms with Crippen molar-refractivity contribution in [1.29, 1.82) is 0 Å². The van der Waals surface area contributed by atoms with Gasteiger partial charge >= 0.3 is 5.97 Å². The summed E-state index contributed by atoms with van der Waals surface area (Å²) in [5, 5.41) is 14.6. The first-order valence-corrected chi connectivity index (χ1v) is 7.03. The zero-order chi connectivity index (χ0) is 14.1. The fraction of sp³-hybridized carbons (Fsp3) is 0.231. The Labute approximate surface area is 118 Å². The first-order valence-electron chi connectivity index (χ1n) is 6.22. The minimum Gasteiger partial charge on any atom is -0.477 e. The van der Waals surface area contributed by atoms with Crippen LogP contribution in [0.2, 0.25) is 0 Å². The molecule has 0 spiro atoms. The number of aromatic nitrogens is 4. The van der Waals surface area contributed by atoms with Gasteiger partial charge in [0, 0.05) is 17.8 Å². The SMILES string of the molecule is CCCc1nn(-c2cnccn2)c2sc(C(=O)O)cc12. The molecular weight excluding hydrogens is 276 g/mol. The van der Waals surface area contributed by atoms with E-state index in [1.54, 1.807) is 29.3 Å². The number of hydrogen-bond acceptors (Lipinski definition) is 5. The Hall–Kier alpha value is -2.28. The number of carboxylic acid groups (broad SMARTS) is 1. The van der Waals surface area contributed by atoms with Crippen LogP contribution in [0.4, 0.5) is 0 Å². The predicted octanol–water partition coefficient (Wildman–Crippen LogP) is 2.53. The first kappa shape index (κ1) is 12.7. The second-order valence-electron chi connectivity index (χ2n) is 4.31. The smallest absolute Gasteiger partial charge is 0.345 e. The molecule has 1 N–H and O–H groups in total. The van der Waals surface area contributed by atoms with E-state index in [0.29, 0.717) is 10.7 Å². The van der Waals surface area contributed by atoms with Crippen molar-refractivity contribution in [3.05, 3.63) is 35.2 Å². The molecule has 3 heterocycles. The van der Waals surface area contributed by atoms with Gasteiger partial charge in [-0.15, -0.1) is 11.3 Å². The van der Waals surface area contributed by atoms with Gasteiger partial charge in [-0.05, 0) is 12.5 Å². The molecule has 0 aliphatic heterocycles. The fourth-order valence-electron chi connectivity index (χ4n) is 2.05. The van der Waals surface area contributed by atoms with Gasteiger partial charge in [0.2, 0.25) is 0 Å². The third-order valence-electron chi connectivity index (χ3n) is 2.90. The minimum absolute atomic E-state index is 0.312. The highest BCUT2D eigenvalue weighted by atomic mass is 32.1. The molecule has 102 valence electrons. The molecule has 20 heavy (non-hydrogen) atoms. The Kier molecular flexibility index (Phi) is 3.19. The van der Waals surface area contributed by atoms with Crippen LogP contribution in [0.5, 0.6) is 0 Å². The molecule has 0 amide bonds. The average Bonchev–Trinajstić information content (AvgIpc) is 3.01. The number of carbonyl (C=O) groups is 1. The van der Waals surface area contributed by atoms with Crippen molar-refractivity contribution in [1.82, 2.24) is 19.7 Å². The van der Waals surface area contributed by atoms with Crippen molar-refractivity contribution >= 4 is 27.5 Å². The third-order valence-corrected chi connectivity index (χ3v) is 4.00.